The second kappa shape index (κ2) is 9.10. The second-order valence-corrected chi connectivity index (χ2v) is 3.64. The molecule has 1 fully saturated rings. The van der Waals surface area contributed by atoms with Gasteiger partial charge in [0, 0.05) is 0 Å². The molecule has 6 heteroatoms. The van der Waals surface area contributed by atoms with Crippen molar-refractivity contribution in [1.82, 2.24) is 5.32 Å². The molecule has 92 valence electrons. The molecule has 0 amide bonds. The van der Waals surface area contributed by atoms with Crippen LogP contribution in [0.15, 0.2) is 30.3 Å². The Morgan fingerprint density at radius 2 is 1.89 bits per heavy atom. The van der Waals surface area contributed by atoms with E-state index in [2.05, 4.69) is 5.32 Å². The Morgan fingerprint density at radius 1 is 1.28 bits per heavy atom. The van der Waals surface area contributed by atoms with Crippen molar-refractivity contribution in [2.45, 2.75) is 18.9 Å². The molecule has 1 heterocycles. The van der Waals surface area contributed by atoms with Gasteiger partial charge in [-0.2, -0.15) is 0 Å². The molecule has 0 aromatic heterocycles. The number of aliphatic carboxylic acids is 1. The first-order valence-electron chi connectivity index (χ1n) is 5.34. The van der Waals surface area contributed by atoms with Gasteiger partial charge in [0.05, 0.1) is 5.97 Å². The van der Waals surface area contributed by atoms with E-state index in [0.29, 0.717) is 0 Å². The molecule has 1 aliphatic heterocycles. The Kier molecular flexibility index (Phi) is 8.66. The van der Waals surface area contributed by atoms with Gasteiger partial charge in [-0.05, 0) is 24.9 Å². The number of rotatable bonds is 2. The predicted molar refractivity (Wildman–Crippen MR) is 59.4 cm³/mol. The zero-order valence-corrected chi connectivity index (χ0v) is 12.3. The van der Waals surface area contributed by atoms with Crippen molar-refractivity contribution >= 4 is 11.9 Å². The largest absolute Gasteiger partial charge is 1.00 e. The van der Waals surface area contributed by atoms with Crippen LogP contribution in [0.1, 0.15) is 23.2 Å². The number of carbonyl (C=O) groups excluding carboxylic acids is 1. The molecule has 0 radical (unpaired) electrons. The van der Waals surface area contributed by atoms with E-state index < -0.39 is 11.9 Å². The number of benzene rings is 1. The Labute approximate surface area is 127 Å². The molecule has 5 nitrogen and oxygen atoms in total. The summed E-state index contributed by atoms with van der Waals surface area (Å²) < 4.78 is 0. The topological polar surface area (TPSA) is 89.5 Å². The van der Waals surface area contributed by atoms with Gasteiger partial charge >= 0.3 is 35.5 Å². The Balaban J connectivity index is 0.000000306. The number of aromatic carboxylic acids is 1. The zero-order valence-electron chi connectivity index (χ0n) is 10.3. The quantitative estimate of drug-likeness (QED) is 0.548. The van der Waals surface area contributed by atoms with Crippen LogP contribution in [0.2, 0.25) is 0 Å². The molecule has 2 N–H and O–H groups in total. The number of carboxylic acids is 2. The molecule has 0 unspecified atom stereocenters. The minimum Gasteiger partial charge on any atom is -0.545 e. The average Bonchev–Trinajstić information content (AvgIpc) is 2.84. The average molecular weight is 259 g/mol. The fourth-order valence-corrected chi connectivity index (χ4v) is 1.47. The summed E-state index contributed by atoms with van der Waals surface area (Å²) in [4.78, 5) is 20.2. The molecule has 0 aliphatic carbocycles. The van der Waals surface area contributed by atoms with Gasteiger partial charge in [0.25, 0.3) is 0 Å². The van der Waals surface area contributed by atoms with Gasteiger partial charge in [-0.1, -0.05) is 30.3 Å². The molecule has 0 bridgehead atoms. The smallest absolute Gasteiger partial charge is 0.545 e. The van der Waals surface area contributed by atoms with Gasteiger partial charge in [-0.15, -0.1) is 0 Å². The number of nitrogens with one attached hydrogen (secondary N) is 1. The summed E-state index contributed by atoms with van der Waals surface area (Å²) in [6.45, 7) is 0.858. The summed E-state index contributed by atoms with van der Waals surface area (Å²) in [7, 11) is 0. The van der Waals surface area contributed by atoms with Gasteiger partial charge in [-0.3, -0.25) is 4.79 Å². The summed E-state index contributed by atoms with van der Waals surface area (Å²) in [5.74, 6) is -1.85. The van der Waals surface area contributed by atoms with E-state index in [9.17, 15) is 14.7 Å². The number of carboxylic acid groups (broad SMARTS) is 2. The first-order chi connectivity index (χ1) is 8.11. The van der Waals surface area contributed by atoms with E-state index in [0.717, 1.165) is 19.4 Å². The number of carbonyl (C=O) groups is 2. The van der Waals surface area contributed by atoms with Crippen molar-refractivity contribution < 1.29 is 49.4 Å². The summed E-state index contributed by atoms with van der Waals surface area (Å²) in [6.07, 6.45) is 1.78. The molecule has 18 heavy (non-hydrogen) atoms. The number of hydrogen-bond acceptors (Lipinski definition) is 4. The third kappa shape index (κ3) is 6.16. The van der Waals surface area contributed by atoms with Crippen LogP contribution < -0.4 is 40.0 Å². The van der Waals surface area contributed by atoms with Crippen LogP contribution in [0.4, 0.5) is 0 Å². The van der Waals surface area contributed by atoms with Crippen LogP contribution in [-0.4, -0.2) is 29.6 Å². The maximum absolute atomic E-state index is 10.1. The fourth-order valence-electron chi connectivity index (χ4n) is 1.47. The monoisotopic (exact) mass is 259 g/mol. The Hall–Kier alpha value is -0.880. The summed E-state index contributed by atoms with van der Waals surface area (Å²) in [5.41, 5.74) is 0.220. The van der Waals surface area contributed by atoms with E-state index in [1.807, 2.05) is 0 Å². The molecule has 1 atom stereocenters. The van der Waals surface area contributed by atoms with Crippen molar-refractivity contribution in [3.63, 3.8) is 0 Å². The molecule has 1 aromatic carbocycles. The first-order valence-corrected chi connectivity index (χ1v) is 5.34. The van der Waals surface area contributed by atoms with Crippen molar-refractivity contribution in [3.8, 4) is 0 Å². The van der Waals surface area contributed by atoms with Crippen LogP contribution in [-0.2, 0) is 4.79 Å². The van der Waals surface area contributed by atoms with Crippen LogP contribution >= 0.6 is 0 Å². The molecule has 2 rings (SSSR count). The second-order valence-electron chi connectivity index (χ2n) is 3.64. The van der Waals surface area contributed by atoms with Gasteiger partial charge < -0.3 is 20.3 Å². The standard InChI is InChI=1S/C7H6O2.C5H9NO2.Na/c8-7(9)6-4-2-1-3-5-6;7-5(8)4-2-1-3-6-4;/h1-5H,(H,8,9);4,6H,1-3H2,(H,7,8);/q;;+1/p-1/t;4-;/m.0./s1. The van der Waals surface area contributed by atoms with Crippen molar-refractivity contribution in [2.24, 2.45) is 0 Å². The maximum Gasteiger partial charge on any atom is 1.00 e. The third-order valence-electron chi connectivity index (χ3n) is 2.37. The van der Waals surface area contributed by atoms with Gasteiger partial charge in [0.1, 0.15) is 6.04 Å². The molecule has 1 saturated heterocycles. The molecular weight excluding hydrogens is 245 g/mol. The van der Waals surface area contributed by atoms with E-state index >= 15 is 0 Å². The SMILES string of the molecule is O=C(O)[C@@H]1CCCN1.O=C([O-])c1ccccc1.[Na+]. The normalized spacial score (nSPS) is 17.0. The van der Waals surface area contributed by atoms with E-state index in [-0.39, 0.29) is 41.2 Å². The van der Waals surface area contributed by atoms with Gasteiger partial charge in [0.2, 0.25) is 0 Å². The maximum atomic E-state index is 10.1. The first kappa shape index (κ1) is 17.1. The fraction of sp³-hybridized carbons (Fsp3) is 0.333. The summed E-state index contributed by atoms with van der Waals surface area (Å²) >= 11 is 0. The van der Waals surface area contributed by atoms with Crippen LogP contribution in [0.3, 0.4) is 0 Å². The van der Waals surface area contributed by atoms with Gasteiger partial charge in [-0.25, -0.2) is 0 Å². The Bertz CT molecular complexity index is 377. The molecule has 0 spiro atoms. The zero-order chi connectivity index (χ0) is 12.7. The van der Waals surface area contributed by atoms with E-state index in [1.165, 1.54) is 12.1 Å². The van der Waals surface area contributed by atoms with Crippen LogP contribution in [0.5, 0.6) is 0 Å². The molecular formula is C12H14NNaO4. The van der Waals surface area contributed by atoms with Crippen molar-refractivity contribution in [3.05, 3.63) is 35.9 Å². The van der Waals surface area contributed by atoms with Gasteiger partial charge in [0.15, 0.2) is 0 Å². The Morgan fingerprint density at radius 3 is 2.17 bits per heavy atom. The van der Waals surface area contributed by atoms with Crippen molar-refractivity contribution in [1.29, 1.82) is 0 Å². The minimum absolute atomic E-state index is 0. The van der Waals surface area contributed by atoms with Crippen molar-refractivity contribution in [2.75, 3.05) is 6.54 Å². The van der Waals surface area contributed by atoms with Crippen LogP contribution in [0.25, 0.3) is 0 Å². The van der Waals surface area contributed by atoms with Crippen LogP contribution in [0, 0.1) is 0 Å². The minimum atomic E-state index is -1.13. The summed E-state index contributed by atoms with van der Waals surface area (Å²) in [6, 6.07) is 7.79. The molecule has 1 aromatic rings. The van der Waals surface area contributed by atoms with E-state index in [1.54, 1.807) is 18.2 Å². The number of hydrogen-bond donors (Lipinski definition) is 2. The molecule has 0 saturated carbocycles. The summed E-state index contributed by atoms with van der Waals surface area (Å²) in [5, 5.41) is 21.3. The molecule has 1 aliphatic rings. The third-order valence-corrected chi connectivity index (χ3v) is 2.37. The predicted octanol–water partition coefficient (Wildman–Crippen LogP) is -3.12. The van der Waals surface area contributed by atoms with E-state index in [4.69, 9.17) is 5.11 Å².